The van der Waals surface area contributed by atoms with E-state index < -0.39 is 0 Å². The Morgan fingerprint density at radius 1 is 1.16 bits per heavy atom. The molecule has 2 unspecified atom stereocenters. The van der Waals surface area contributed by atoms with Gasteiger partial charge in [-0.1, -0.05) is 50.6 Å². The van der Waals surface area contributed by atoms with Gasteiger partial charge >= 0.3 is 0 Å². The molecule has 0 radical (unpaired) electrons. The number of aromatic nitrogens is 2. The van der Waals surface area contributed by atoms with E-state index in [2.05, 4.69) is 66.3 Å². The molecule has 0 aliphatic carbocycles. The number of benzene rings is 1. The van der Waals surface area contributed by atoms with Crippen molar-refractivity contribution < 1.29 is 4.57 Å². The van der Waals surface area contributed by atoms with Gasteiger partial charge in [0.1, 0.15) is 18.4 Å². The fourth-order valence-electron chi connectivity index (χ4n) is 2.90. The highest BCUT2D eigenvalue weighted by Crippen LogP contribution is 2.25. The molecule has 2 nitrogen and oxygen atoms in total. The van der Waals surface area contributed by atoms with Crippen molar-refractivity contribution in [3.8, 4) is 0 Å². The van der Waals surface area contributed by atoms with Crippen molar-refractivity contribution >= 4 is 0 Å². The Bertz CT molecular complexity index is 447. The fourth-order valence-corrected chi connectivity index (χ4v) is 2.90. The summed E-state index contributed by atoms with van der Waals surface area (Å²) in [4.78, 5) is 3.17. The van der Waals surface area contributed by atoms with Crippen LogP contribution in [0, 0.1) is 5.92 Å². The van der Waals surface area contributed by atoms with Crippen molar-refractivity contribution in [1.29, 1.82) is 0 Å². The largest absolute Gasteiger partial charge is 0.250 e. The average molecular weight is 257 g/mol. The molecule has 0 saturated carbocycles. The smallest absolute Gasteiger partial charge is 0.241 e. The Kier molecular flexibility index (Phi) is 5.20. The maximum absolute atomic E-state index is 3.17. The summed E-state index contributed by atoms with van der Waals surface area (Å²) in [6.07, 6.45) is 11.1. The minimum atomic E-state index is 0.599. The van der Waals surface area contributed by atoms with E-state index in [4.69, 9.17) is 0 Å². The Hall–Kier alpha value is -1.57. The van der Waals surface area contributed by atoms with Crippen LogP contribution in [0.4, 0.5) is 0 Å². The van der Waals surface area contributed by atoms with E-state index >= 15 is 0 Å². The molecule has 0 spiro atoms. The average Bonchev–Trinajstić information content (AvgIpc) is 2.97. The fraction of sp³-hybridized carbons (Fsp3) is 0.471. The van der Waals surface area contributed by atoms with Gasteiger partial charge in [0.05, 0.1) is 0 Å². The predicted molar refractivity (Wildman–Crippen MR) is 78.9 cm³/mol. The third-order valence-corrected chi connectivity index (χ3v) is 3.94. The number of imidazole rings is 1. The van der Waals surface area contributed by atoms with E-state index in [0.717, 1.165) is 0 Å². The third kappa shape index (κ3) is 3.69. The van der Waals surface area contributed by atoms with Gasteiger partial charge in [-0.25, -0.2) is 4.57 Å². The maximum Gasteiger partial charge on any atom is 0.241 e. The molecule has 0 aliphatic heterocycles. The molecule has 2 aromatic rings. The van der Waals surface area contributed by atoms with Crippen LogP contribution in [0.25, 0.3) is 0 Å². The molecule has 0 bridgehead atoms. The van der Waals surface area contributed by atoms with Crippen LogP contribution in [0.15, 0.2) is 49.1 Å². The predicted octanol–water partition coefficient (Wildman–Crippen LogP) is 3.91. The van der Waals surface area contributed by atoms with Crippen LogP contribution < -0.4 is 4.57 Å². The lowest BCUT2D eigenvalue weighted by molar-refractivity contribution is -0.729. The quantitative estimate of drug-likeness (QED) is 0.726. The lowest BCUT2D eigenvalue weighted by atomic mass is 9.87. The van der Waals surface area contributed by atoms with E-state index in [1.807, 2.05) is 6.20 Å². The molecule has 2 heteroatoms. The molecular formula is C17H25N2+. The van der Waals surface area contributed by atoms with Gasteiger partial charge in [0, 0.05) is 5.92 Å². The monoisotopic (exact) mass is 257 g/mol. The van der Waals surface area contributed by atoms with E-state index in [-0.39, 0.29) is 0 Å². The molecule has 1 aromatic heterocycles. The number of nitrogens with zero attached hydrogens (tertiary/aromatic N) is 1. The lowest BCUT2D eigenvalue weighted by Gasteiger charge is -2.23. The molecule has 19 heavy (non-hydrogen) atoms. The first-order valence-electron chi connectivity index (χ1n) is 7.42. The summed E-state index contributed by atoms with van der Waals surface area (Å²) in [6.45, 7) is 4.58. The molecule has 102 valence electrons. The molecular weight excluding hydrogens is 232 g/mol. The summed E-state index contributed by atoms with van der Waals surface area (Å²) >= 11 is 0. The standard InChI is InChI=1S/C17H24N2/c1-3-8-17(19-12-11-18-14-19)16(4-2)13-15-9-6-5-7-10-15/h5-7,9-12,14,16-17H,3-4,8,13H2,1-2H3/p+1. The first-order valence-corrected chi connectivity index (χ1v) is 7.42. The Labute approximate surface area is 116 Å². The van der Waals surface area contributed by atoms with Crippen molar-refractivity contribution in [3.63, 3.8) is 0 Å². The number of hydrogen-bond donors (Lipinski definition) is 1. The second-order valence-corrected chi connectivity index (χ2v) is 5.27. The lowest BCUT2D eigenvalue weighted by Crippen LogP contribution is -2.42. The van der Waals surface area contributed by atoms with Gasteiger partial charge in [-0.05, 0) is 24.8 Å². The minimum absolute atomic E-state index is 0.599. The first-order chi connectivity index (χ1) is 9.35. The van der Waals surface area contributed by atoms with Crippen LogP contribution in [0.2, 0.25) is 0 Å². The van der Waals surface area contributed by atoms with Gasteiger partial charge in [0.15, 0.2) is 0 Å². The molecule has 1 aromatic carbocycles. The zero-order chi connectivity index (χ0) is 13.5. The van der Waals surface area contributed by atoms with Crippen molar-refractivity contribution in [3.05, 3.63) is 54.6 Å². The van der Waals surface area contributed by atoms with Crippen LogP contribution in [0.1, 0.15) is 44.7 Å². The SMILES string of the molecule is CCCC(C(CC)Cc1ccccc1)[n+]1cc[nH]c1. The second kappa shape index (κ2) is 7.13. The Balaban J connectivity index is 2.13. The normalized spacial score (nSPS) is 14.2. The summed E-state index contributed by atoms with van der Waals surface area (Å²) in [7, 11) is 0. The first kappa shape index (κ1) is 13.9. The summed E-state index contributed by atoms with van der Waals surface area (Å²) in [6, 6.07) is 11.5. The van der Waals surface area contributed by atoms with Crippen LogP contribution in [-0.2, 0) is 6.42 Å². The van der Waals surface area contributed by atoms with E-state index in [1.165, 1.54) is 31.2 Å². The van der Waals surface area contributed by atoms with Gasteiger partial charge in [0.2, 0.25) is 6.33 Å². The number of aromatic amines is 1. The summed E-state index contributed by atoms with van der Waals surface area (Å²) in [5, 5.41) is 0. The topological polar surface area (TPSA) is 19.7 Å². The molecule has 0 saturated heterocycles. The molecule has 2 rings (SSSR count). The van der Waals surface area contributed by atoms with E-state index in [0.29, 0.717) is 12.0 Å². The minimum Gasteiger partial charge on any atom is -0.250 e. The molecule has 1 heterocycles. The Morgan fingerprint density at radius 3 is 2.53 bits per heavy atom. The number of hydrogen-bond acceptors (Lipinski definition) is 0. The second-order valence-electron chi connectivity index (χ2n) is 5.27. The van der Waals surface area contributed by atoms with Gasteiger partial charge in [0.25, 0.3) is 0 Å². The van der Waals surface area contributed by atoms with Gasteiger partial charge in [-0.15, -0.1) is 0 Å². The Morgan fingerprint density at radius 2 is 1.95 bits per heavy atom. The van der Waals surface area contributed by atoms with Gasteiger partial charge in [-0.3, -0.25) is 4.98 Å². The summed E-state index contributed by atoms with van der Waals surface area (Å²) < 4.78 is 2.35. The highest BCUT2D eigenvalue weighted by molar-refractivity contribution is 5.15. The number of H-pyrrole nitrogens is 1. The maximum atomic E-state index is 3.17. The van der Waals surface area contributed by atoms with Crippen LogP contribution in [0.5, 0.6) is 0 Å². The van der Waals surface area contributed by atoms with E-state index in [9.17, 15) is 0 Å². The molecule has 0 aliphatic rings. The highest BCUT2D eigenvalue weighted by Gasteiger charge is 2.24. The number of rotatable bonds is 7. The van der Waals surface area contributed by atoms with Crippen LogP contribution in [0.3, 0.4) is 0 Å². The van der Waals surface area contributed by atoms with Gasteiger partial charge < -0.3 is 0 Å². The van der Waals surface area contributed by atoms with Crippen molar-refractivity contribution in [1.82, 2.24) is 4.98 Å². The molecule has 0 amide bonds. The van der Waals surface area contributed by atoms with E-state index in [1.54, 1.807) is 0 Å². The molecule has 0 fully saturated rings. The van der Waals surface area contributed by atoms with Crippen molar-refractivity contribution in [2.75, 3.05) is 0 Å². The zero-order valence-electron chi connectivity index (χ0n) is 12.0. The van der Waals surface area contributed by atoms with Gasteiger partial charge in [-0.2, -0.15) is 0 Å². The highest BCUT2D eigenvalue weighted by atomic mass is 15.1. The van der Waals surface area contributed by atoms with Crippen LogP contribution in [-0.4, -0.2) is 4.98 Å². The third-order valence-electron chi connectivity index (χ3n) is 3.94. The molecule has 1 N–H and O–H groups in total. The molecule has 2 atom stereocenters. The number of nitrogens with one attached hydrogen (secondary N) is 1. The van der Waals surface area contributed by atoms with Crippen LogP contribution >= 0.6 is 0 Å². The zero-order valence-corrected chi connectivity index (χ0v) is 12.0. The summed E-state index contributed by atoms with van der Waals surface area (Å²) in [5.41, 5.74) is 1.45. The summed E-state index contributed by atoms with van der Waals surface area (Å²) in [5.74, 6) is 0.697. The van der Waals surface area contributed by atoms with Crippen molar-refractivity contribution in [2.45, 2.75) is 45.6 Å². The van der Waals surface area contributed by atoms with Crippen molar-refractivity contribution in [2.24, 2.45) is 5.92 Å².